The van der Waals surface area contributed by atoms with Gasteiger partial charge in [-0.2, -0.15) is 13.2 Å². The van der Waals surface area contributed by atoms with Gasteiger partial charge in [0.2, 0.25) is 0 Å². The Bertz CT molecular complexity index is 1320. The first-order chi connectivity index (χ1) is 16.8. The third kappa shape index (κ3) is 5.77. The summed E-state index contributed by atoms with van der Waals surface area (Å²) in [5.74, 6) is 0.428. The van der Waals surface area contributed by atoms with Gasteiger partial charge in [-0.05, 0) is 47.5 Å². The standard InChI is InChI=1S/C24H23ClF3N7/c1-30-11-18(8-29)16-7-19-17(13-34-23(19)33-12-16)6-15-3-5-21(35-22(15)25)32-10-14-2-4-20(31-9-14)24(26,27)28/h2-5,7-9,12-13,18,29-30H,6,10-11H2,1H3,(H,32,35)(H,33,34). The fourth-order valence-corrected chi connectivity index (χ4v) is 3.92. The molecule has 0 saturated carbocycles. The minimum atomic E-state index is -4.46. The predicted molar refractivity (Wildman–Crippen MR) is 130 cm³/mol. The molecule has 1 atom stereocenters. The van der Waals surface area contributed by atoms with Crippen molar-refractivity contribution in [1.82, 2.24) is 25.3 Å². The molecule has 0 aliphatic heterocycles. The lowest BCUT2D eigenvalue weighted by Crippen LogP contribution is -2.18. The summed E-state index contributed by atoms with van der Waals surface area (Å²) in [5.41, 5.74) is 3.18. The number of likely N-dealkylation sites (N-methyl/N-ethyl adjacent to an activating group) is 1. The molecule has 0 radical (unpaired) electrons. The number of halogens is 4. The molecule has 4 heterocycles. The number of hydrogen-bond donors (Lipinski definition) is 4. The summed E-state index contributed by atoms with van der Waals surface area (Å²) in [6, 6.07) is 7.99. The summed E-state index contributed by atoms with van der Waals surface area (Å²) in [6.07, 6.45) is 2.31. The smallest absolute Gasteiger partial charge is 0.366 e. The van der Waals surface area contributed by atoms with Gasteiger partial charge in [0.1, 0.15) is 22.3 Å². The molecule has 4 aromatic rings. The molecule has 0 aliphatic rings. The van der Waals surface area contributed by atoms with Crippen LogP contribution in [0.4, 0.5) is 19.0 Å². The van der Waals surface area contributed by atoms with Gasteiger partial charge >= 0.3 is 6.18 Å². The SMILES string of the molecule is CNCC(C=N)c1cnc2[nH]cc(Cc3ccc(NCc4ccc(C(F)(F)F)nc4)nc3Cl)c2c1. The lowest BCUT2D eigenvalue weighted by molar-refractivity contribution is -0.141. The van der Waals surface area contributed by atoms with Crippen LogP contribution in [0, 0.1) is 5.41 Å². The summed E-state index contributed by atoms with van der Waals surface area (Å²) in [5, 5.41) is 15.1. The van der Waals surface area contributed by atoms with Crippen LogP contribution >= 0.6 is 11.6 Å². The van der Waals surface area contributed by atoms with E-state index in [4.69, 9.17) is 17.0 Å². The highest BCUT2D eigenvalue weighted by Gasteiger charge is 2.31. The van der Waals surface area contributed by atoms with Crippen molar-refractivity contribution in [2.45, 2.75) is 25.1 Å². The second-order valence-electron chi connectivity index (χ2n) is 8.04. The summed E-state index contributed by atoms with van der Waals surface area (Å²) in [7, 11) is 1.85. The van der Waals surface area contributed by atoms with E-state index in [2.05, 4.69) is 30.6 Å². The molecule has 7 nitrogen and oxygen atoms in total. The minimum Gasteiger partial charge on any atom is -0.366 e. The van der Waals surface area contributed by atoms with Crippen LogP contribution in [-0.2, 0) is 19.1 Å². The van der Waals surface area contributed by atoms with Crippen molar-refractivity contribution in [3.8, 4) is 0 Å². The zero-order valence-electron chi connectivity index (χ0n) is 18.7. The van der Waals surface area contributed by atoms with Gasteiger partial charge in [0.05, 0.1) is 0 Å². The predicted octanol–water partition coefficient (Wildman–Crippen LogP) is 5.18. The van der Waals surface area contributed by atoms with E-state index in [0.29, 0.717) is 29.5 Å². The Hall–Kier alpha value is -3.50. The molecule has 1 unspecified atom stereocenters. The first kappa shape index (κ1) is 24.6. The van der Waals surface area contributed by atoms with Crippen LogP contribution in [0.1, 0.15) is 33.9 Å². The molecule has 4 aromatic heterocycles. The molecule has 182 valence electrons. The van der Waals surface area contributed by atoms with E-state index in [0.717, 1.165) is 33.8 Å². The Morgan fingerprint density at radius 2 is 1.97 bits per heavy atom. The van der Waals surface area contributed by atoms with E-state index in [-0.39, 0.29) is 12.5 Å². The van der Waals surface area contributed by atoms with E-state index in [9.17, 15) is 13.2 Å². The third-order valence-electron chi connectivity index (χ3n) is 5.59. The Labute approximate surface area is 204 Å². The van der Waals surface area contributed by atoms with Crippen LogP contribution in [0.25, 0.3) is 11.0 Å². The van der Waals surface area contributed by atoms with Gasteiger partial charge in [-0.1, -0.05) is 23.7 Å². The van der Waals surface area contributed by atoms with Crippen molar-refractivity contribution in [1.29, 1.82) is 5.41 Å². The maximum Gasteiger partial charge on any atom is 0.433 e. The normalized spacial score (nSPS) is 12.6. The lowest BCUT2D eigenvalue weighted by Gasteiger charge is -2.12. The van der Waals surface area contributed by atoms with E-state index in [1.54, 1.807) is 12.3 Å². The molecule has 4 rings (SSSR count). The van der Waals surface area contributed by atoms with Crippen molar-refractivity contribution < 1.29 is 13.2 Å². The maximum absolute atomic E-state index is 12.7. The number of anilines is 1. The van der Waals surface area contributed by atoms with Crippen LogP contribution in [-0.4, -0.2) is 39.7 Å². The van der Waals surface area contributed by atoms with Crippen molar-refractivity contribution >= 4 is 34.7 Å². The molecule has 35 heavy (non-hydrogen) atoms. The Morgan fingerprint density at radius 3 is 2.63 bits per heavy atom. The maximum atomic E-state index is 12.7. The summed E-state index contributed by atoms with van der Waals surface area (Å²) in [6.45, 7) is 0.898. The lowest BCUT2D eigenvalue weighted by atomic mass is 9.99. The number of fused-ring (bicyclic) bond motifs is 1. The Balaban J connectivity index is 1.46. The van der Waals surface area contributed by atoms with Gasteiger partial charge in [-0.3, -0.25) is 4.98 Å². The number of hydrogen-bond acceptors (Lipinski definition) is 6. The van der Waals surface area contributed by atoms with Crippen molar-refractivity contribution in [3.63, 3.8) is 0 Å². The molecule has 0 aliphatic carbocycles. The quantitative estimate of drug-likeness (QED) is 0.187. The first-order valence-corrected chi connectivity index (χ1v) is 11.2. The zero-order chi connectivity index (χ0) is 25.0. The highest BCUT2D eigenvalue weighted by Crippen LogP contribution is 2.28. The van der Waals surface area contributed by atoms with E-state index < -0.39 is 11.9 Å². The average Bonchev–Trinajstić information content (AvgIpc) is 3.24. The summed E-state index contributed by atoms with van der Waals surface area (Å²) >= 11 is 6.44. The van der Waals surface area contributed by atoms with Gasteiger partial charge in [0.15, 0.2) is 0 Å². The largest absolute Gasteiger partial charge is 0.433 e. The monoisotopic (exact) mass is 501 g/mol. The van der Waals surface area contributed by atoms with Gasteiger partial charge in [0, 0.05) is 55.6 Å². The molecule has 0 spiro atoms. The number of aromatic nitrogens is 4. The van der Waals surface area contributed by atoms with Crippen molar-refractivity contribution in [2.24, 2.45) is 0 Å². The van der Waals surface area contributed by atoms with Crippen molar-refractivity contribution in [2.75, 3.05) is 18.9 Å². The number of pyridine rings is 3. The fourth-order valence-electron chi connectivity index (χ4n) is 3.70. The van der Waals surface area contributed by atoms with Crippen molar-refractivity contribution in [3.05, 3.63) is 82.0 Å². The highest BCUT2D eigenvalue weighted by atomic mass is 35.5. The zero-order valence-corrected chi connectivity index (χ0v) is 19.5. The number of alkyl halides is 3. The van der Waals surface area contributed by atoms with Gasteiger partial charge in [0.25, 0.3) is 0 Å². The minimum absolute atomic E-state index is 0.0740. The molecule has 4 N–H and O–H groups in total. The Morgan fingerprint density at radius 1 is 1.14 bits per heavy atom. The topological polar surface area (TPSA) is 102 Å². The number of nitrogens with one attached hydrogen (secondary N) is 4. The molecule has 0 aromatic carbocycles. The molecule has 0 amide bonds. The van der Waals surface area contributed by atoms with E-state index >= 15 is 0 Å². The summed E-state index contributed by atoms with van der Waals surface area (Å²) in [4.78, 5) is 15.5. The van der Waals surface area contributed by atoms with Crippen LogP contribution in [0.5, 0.6) is 0 Å². The summed E-state index contributed by atoms with van der Waals surface area (Å²) < 4.78 is 38.0. The molecule has 0 fully saturated rings. The molecule has 0 bridgehead atoms. The van der Waals surface area contributed by atoms with Gasteiger partial charge < -0.3 is 21.0 Å². The molecule has 11 heteroatoms. The average molecular weight is 502 g/mol. The number of rotatable bonds is 9. The number of H-pyrrole nitrogens is 1. The number of nitrogens with zero attached hydrogens (tertiary/aromatic N) is 3. The van der Waals surface area contributed by atoms with E-state index in [1.165, 1.54) is 18.5 Å². The van der Waals surface area contributed by atoms with E-state index in [1.807, 2.05) is 25.4 Å². The van der Waals surface area contributed by atoms with Crippen LogP contribution in [0.15, 0.2) is 48.9 Å². The molecule has 0 saturated heterocycles. The van der Waals surface area contributed by atoms with Crippen LogP contribution < -0.4 is 10.6 Å². The number of aromatic amines is 1. The molecular formula is C24H23ClF3N7. The first-order valence-electron chi connectivity index (χ1n) is 10.8. The second-order valence-corrected chi connectivity index (χ2v) is 8.39. The van der Waals surface area contributed by atoms with Gasteiger partial charge in [-0.25, -0.2) is 9.97 Å². The molecular weight excluding hydrogens is 479 g/mol. The fraction of sp³-hybridized carbons (Fsp3) is 0.250. The van der Waals surface area contributed by atoms with Crippen LogP contribution in [0.3, 0.4) is 0 Å². The Kier molecular flexibility index (Phi) is 7.32. The van der Waals surface area contributed by atoms with Gasteiger partial charge in [-0.15, -0.1) is 0 Å². The third-order valence-corrected chi connectivity index (χ3v) is 5.91. The second kappa shape index (κ2) is 10.4. The van der Waals surface area contributed by atoms with Crippen LogP contribution in [0.2, 0.25) is 5.15 Å². The highest BCUT2D eigenvalue weighted by molar-refractivity contribution is 6.30.